The van der Waals surface area contributed by atoms with Crippen LogP contribution in [-0.2, 0) is 11.3 Å². The summed E-state index contributed by atoms with van der Waals surface area (Å²) in [6.07, 6.45) is 3.13. The summed E-state index contributed by atoms with van der Waals surface area (Å²) in [6, 6.07) is 15.9. The van der Waals surface area contributed by atoms with Gasteiger partial charge < -0.3 is 14.6 Å². The Labute approximate surface area is 155 Å². The van der Waals surface area contributed by atoms with Crippen molar-refractivity contribution in [2.24, 2.45) is 0 Å². The number of fused-ring (bicyclic) bond motifs is 3. The number of amides is 1. The number of anilines is 2. The van der Waals surface area contributed by atoms with Crippen LogP contribution in [0.5, 0.6) is 0 Å². The van der Waals surface area contributed by atoms with Crippen molar-refractivity contribution in [2.45, 2.75) is 19.4 Å². The maximum Gasteiger partial charge on any atom is 0.227 e. The summed E-state index contributed by atoms with van der Waals surface area (Å²) in [5.41, 5.74) is 4.34. The standard InChI is InChI=1S/C21H18N4O2/c26-18-6-3-11-25(18)15-9-7-14(8-10-15)12-22-21-20-19(23-13-24-21)16-4-1-2-5-17(16)27-20/h1-2,4-5,7-10,13H,3,6,11-12H2,(H,22,23,24). The molecule has 4 aromatic rings. The summed E-state index contributed by atoms with van der Waals surface area (Å²) in [6.45, 7) is 1.42. The summed E-state index contributed by atoms with van der Waals surface area (Å²) >= 11 is 0. The molecule has 2 aromatic carbocycles. The van der Waals surface area contributed by atoms with Crippen LogP contribution in [0.2, 0.25) is 0 Å². The van der Waals surface area contributed by atoms with E-state index in [9.17, 15) is 4.79 Å². The van der Waals surface area contributed by atoms with Crippen molar-refractivity contribution in [3.8, 4) is 0 Å². The molecule has 0 spiro atoms. The summed E-state index contributed by atoms with van der Waals surface area (Å²) in [5.74, 6) is 0.879. The quantitative estimate of drug-likeness (QED) is 0.594. The lowest BCUT2D eigenvalue weighted by atomic mass is 10.2. The number of nitrogens with one attached hydrogen (secondary N) is 1. The molecule has 0 unspecified atom stereocenters. The van der Waals surface area contributed by atoms with Crippen molar-refractivity contribution >= 4 is 39.5 Å². The minimum Gasteiger partial charge on any atom is -0.450 e. The van der Waals surface area contributed by atoms with E-state index < -0.39 is 0 Å². The van der Waals surface area contributed by atoms with Gasteiger partial charge in [0.05, 0.1) is 0 Å². The summed E-state index contributed by atoms with van der Waals surface area (Å²) in [4.78, 5) is 22.4. The summed E-state index contributed by atoms with van der Waals surface area (Å²) in [7, 11) is 0. The lowest BCUT2D eigenvalue weighted by Crippen LogP contribution is -2.23. The molecule has 1 fully saturated rings. The molecule has 1 aliphatic heterocycles. The zero-order chi connectivity index (χ0) is 18.2. The van der Waals surface area contributed by atoms with Crippen molar-refractivity contribution < 1.29 is 9.21 Å². The third kappa shape index (κ3) is 2.79. The first kappa shape index (κ1) is 15.8. The van der Waals surface area contributed by atoms with E-state index in [1.807, 2.05) is 53.4 Å². The SMILES string of the molecule is O=C1CCCN1c1ccc(CNc2ncnc3c2oc2ccccc23)cc1. The molecule has 0 atom stereocenters. The van der Waals surface area contributed by atoms with Gasteiger partial charge in [-0.3, -0.25) is 4.79 Å². The predicted octanol–water partition coefficient (Wildman–Crippen LogP) is 4.11. The van der Waals surface area contributed by atoms with Crippen LogP contribution in [0, 0.1) is 0 Å². The molecule has 6 nitrogen and oxygen atoms in total. The fourth-order valence-electron chi connectivity index (χ4n) is 3.55. The predicted molar refractivity (Wildman–Crippen MR) is 105 cm³/mol. The van der Waals surface area contributed by atoms with Crippen LogP contribution in [0.3, 0.4) is 0 Å². The van der Waals surface area contributed by atoms with Crippen LogP contribution >= 0.6 is 0 Å². The Hall–Kier alpha value is -3.41. The van der Waals surface area contributed by atoms with E-state index in [1.165, 1.54) is 0 Å². The minimum absolute atomic E-state index is 0.203. The minimum atomic E-state index is 0.203. The van der Waals surface area contributed by atoms with Crippen molar-refractivity contribution in [3.63, 3.8) is 0 Å². The molecule has 0 aliphatic carbocycles. The fraction of sp³-hybridized carbons (Fsp3) is 0.190. The van der Waals surface area contributed by atoms with Crippen LogP contribution in [-0.4, -0.2) is 22.4 Å². The Kier molecular flexibility index (Phi) is 3.74. The molecule has 1 aliphatic rings. The van der Waals surface area contributed by atoms with Crippen LogP contribution < -0.4 is 10.2 Å². The molecular formula is C21H18N4O2. The van der Waals surface area contributed by atoms with E-state index in [-0.39, 0.29) is 5.91 Å². The van der Waals surface area contributed by atoms with Crippen LogP contribution in [0.15, 0.2) is 59.3 Å². The van der Waals surface area contributed by atoms with Gasteiger partial charge in [-0.05, 0) is 36.2 Å². The van der Waals surface area contributed by atoms with E-state index in [2.05, 4.69) is 15.3 Å². The van der Waals surface area contributed by atoms with Gasteiger partial charge in [-0.15, -0.1) is 0 Å². The number of carbonyl (C=O) groups excluding carboxylic acids is 1. The Morgan fingerprint density at radius 2 is 1.93 bits per heavy atom. The first-order chi connectivity index (χ1) is 13.3. The molecule has 6 heteroatoms. The second-order valence-corrected chi connectivity index (χ2v) is 6.67. The highest BCUT2D eigenvalue weighted by molar-refractivity contribution is 6.05. The monoisotopic (exact) mass is 358 g/mol. The van der Waals surface area contributed by atoms with E-state index in [1.54, 1.807) is 6.33 Å². The van der Waals surface area contributed by atoms with Crippen LogP contribution in [0.25, 0.3) is 22.1 Å². The average Bonchev–Trinajstić information content (AvgIpc) is 3.30. The Bertz CT molecular complexity index is 1130. The van der Waals surface area contributed by atoms with Crippen molar-refractivity contribution in [1.29, 1.82) is 0 Å². The smallest absolute Gasteiger partial charge is 0.227 e. The van der Waals surface area contributed by atoms with Crippen molar-refractivity contribution in [2.75, 3.05) is 16.8 Å². The zero-order valence-electron chi connectivity index (χ0n) is 14.7. The topological polar surface area (TPSA) is 71.3 Å². The van der Waals surface area contributed by atoms with Crippen LogP contribution in [0.1, 0.15) is 18.4 Å². The van der Waals surface area contributed by atoms with Gasteiger partial charge in [-0.1, -0.05) is 24.3 Å². The van der Waals surface area contributed by atoms with Gasteiger partial charge in [0.1, 0.15) is 17.4 Å². The fourth-order valence-corrected chi connectivity index (χ4v) is 3.55. The van der Waals surface area contributed by atoms with Gasteiger partial charge in [-0.25, -0.2) is 9.97 Å². The molecule has 0 saturated carbocycles. The molecule has 0 radical (unpaired) electrons. The molecule has 1 saturated heterocycles. The highest BCUT2D eigenvalue weighted by Gasteiger charge is 2.21. The van der Waals surface area contributed by atoms with Crippen LogP contribution in [0.4, 0.5) is 11.5 Å². The van der Waals surface area contributed by atoms with Gasteiger partial charge in [-0.2, -0.15) is 0 Å². The number of furan rings is 1. The van der Waals surface area contributed by atoms with Crippen molar-refractivity contribution in [1.82, 2.24) is 9.97 Å². The first-order valence-corrected chi connectivity index (χ1v) is 9.05. The Morgan fingerprint density at radius 3 is 2.74 bits per heavy atom. The third-order valence-corrected chi connectivity index (χ3v) is 4.94. The molecule has 0 bridgehead atoms. The average molecular weight is 358 g/mol. The Balaban J connectivity index is 1.37. The van der Waals surface area contributed by atoms with E-state index >= 15 is 0 Å². The second kappa shape index (κ2) is 6.39. The third-order valence-electron chi connectivity index (χ3n) is 4.94. The van der Waals surface area contributed by atoms with Gasteiger partial charge in [0, 0.05) is 30.6 Å². The number of rotatable bonds is 4. The Morgan fingerprint density at radius 1 is 1.07 bits per heavy atom. The number of aromatic nitrogens is 2. The largest absolute Gasteiger partial charge is 0.450 e. The zero-order valence-corrected chi connectivity index (χ0v) is 14.7. The van der Waals surface area contributed by atoms with Gasteiger partial charge in [0.2, 0.25) is 5.91 Å². The van der Waals surface area contributed by atoms with Gasteiger partial charge in [0.25, 0.3) is 0 Å². The molecular weight excluding hydrogens is 340 g/mol. The summed E-state index contributed by atoms with van der Waals surface area (Å²) in [5, 5.41) is 4.32. The first-order valence-electron chi connectivity index (χ1n) is 9.05. The van der Waals surface area contributed by atoms with E-state index in [4.69, 9.17) is 4.42 Å². The molecule has 2 aromatic heterocycles. The number of carbonyl (C=O) groups is 1. The van der Waals surface area contributed by atoms with Gasteiger partial charge in [0.15, 0.2) is 11.4 Å². The van der Waals surface area contributed by atoms with E-state index in [0.29, 0.717) is 24.4 Å². The lowest BCUT2D eigenvalue weighted by Gasteiger charge is -2.16. The number of hydrogen-bond donors (Lipinski definition) is 1. The molecule has 134 valence electrons. The molecule has 1 amide bonds. The molecule has 3 heterocycles. The number of hydrogen-bond acceptors (Lipinski definition) is 5. The van der Waals surface area contributed by atoms with E-state index in [0.717, 1.165) is 40.7 Å². The normalized spacial score (nSPS) is 14.4. The second-order valence-electron chi connectivity index (χ2n) is 6.67. The highest BCUT2D eigenvalue weighted by Crippen LogP contribution is 2.30. The van der Waals surface area contributed by atoms with Gasteiger partial charge >= 0.3 is 0 Å². The lowest BCUT2D eigenvalue weighted by molar-refractivity contribution is -0.117. The highest BCUT2D eigenvalue weighted by atomic mass is 16.3. The summed E-state index contributed by atoms with van der Waals surface area (Å²) < 4.78 is 5.94. The molecule has 27 heavy (non-hydrogen) atoms. The number of para-hydroxylation sites is 1. The maximum absolute atomic E-state index is 11.9. The number of benzene rings is 2. The number of nitrogens with zero attached hydrogens (tertiary/aromatic N) is 3. The molecule has 1 N–H and O–H groups in total. The molecule has 5 rings (SSSR count). The van der Waals surface area contributed by atoms with Crippen molar-refractivity contribution in [3.05, 3.63) is 60.4 Å². The maximum atomic E-state index is 11.9.